The van der Waals surface area contributed by atoms with Crippen LogP contribution in [-0.4, -0.2) is 13.7 Å². The fourth-order valence-corrected chi connectivity index (χ4v) is 9.73. The zero-order valence-electron chi connectivity index (χ0n) is 31.3. The second-order valence-electron chi connectivity index (χ2n) is 15.3. The van der Waals surface area contributed by atoms with Gasteiger partial charge in [0.25, 0.3) is 0 Å². The van der Waals surface area contributed by atoms with E-state index < -0.39 is 0 Å². The van der Waals surface area contributed by atoms with Crippen molar-refractivity contribution in [2.24, 2.45) is 0 Å². The molecule has 0 atom stereocenters. The first-order chi connectivity index (χ1) is 28.8. The van der Waals surface area contributed by atoms with Crippen LogP contribution in [-0.2, 0) is 0 Å². The number of rotatable bonds is 4. The monoisotopic (exact) mass is 739 g/mol. The number of hydrogen-bond donors (Lipinski definition) is 0. The Balaban J connectivity index is 1.12. The van der Waals surface area contributed by atoms with Gasteiger partial charge in [-0.2, -0.15) is 0 Å². The molecule has 9 aromatic carbocycles. The molecule has 0 aliphatic rings. The zero-order chi connectivity index (χ0) is 37.9. The van der Waals surface area contributed by atoms with Crippen LogP contribution in [0.1, 0.15) is 0 Å². The lowest BCUT2D eigenvalue weighted by molar-refractivity contribution is 0.670. The molecular weight excluding hydrogens is 707 g/mol. The van der Waals surface area contributed by atoms with Gasteiger partial charge in [-0.15, -0.1) is 0 Å². The summed E-state index contributed by atoms with van der Waals surface area (Å²) in [7, 11) is 0. The number of para-hydroxylation sites is 6. The summed E-state index contributed by atoms with van der Waals surface area (Å²) in [4.78, 5) is 0. The predicted octanol–water partition coefficient (Wildman–Crippen LogP) is 14.5. The summed E-state index contributed by atoms with van der Waals surface area (Å²) >= 11 is 0. The summed E-state index contributed by atoms with van der Waals surface area (Å²) in [6.45, 7) is 0. The molecule has 58 heavy (non-hydrogen) atoms. The largest absolute Gasteiger partial charge is 0.455 e. The van der Waals surface area contributed by atoms with Crippen molar-refractivity contribution in [1.82, 2.24) is 13.7 Å². The highest BCUT2D eigenvalue weighted by atomic mass is 16.3. The number of aromatic nitrogens is 3. The van der Waals surface area contributed by atoms with Crippen LogP contribution < -0.4 is 0 Å². The van der Waals surface area contributed by atoms with Gasteiger partial charge in [0.15, 0.2) is 0 Å². The van der Waals surface area contributed by atoms with Gasteiger partial charge in [-0.3, -0.25) is 0 Å². The molecule has 0 spiro atoms. The molecule has 13 rings (SSSR count). The molecule has 270 valence electrons. The normalized spacial score (nSPS) is 12.1. The van der Waals surface area contributed by atoms with E-state index in [0.29, 0.717) is 0 Å². The van der Waals surface area contributed by atoms with Crippen molar-refractivity contribution >= 4 is 87.4 Å². The molecule has 4 nitrogen and oxygen atoms in total. The van der Waals surface area contributed by atoms with Gasteiger partial charge in [-0.05, 0) is 90.5 Å². The molecule has 0 aliphatic carbocycles. The topological polar surface area (TPSA) is 27.9 Å². The molecule has 4 aromatic heterocycles. The maximum Gasteiger partial charge on any atom is 0.143 e. The van der Waals surface area contributed by atoms with Gasteiger partial charge in [0, 0.05) is 65.7 Å². The minimum Gasteiger partial charge on any atom is -0.455 e. The summed E-state index contributed by atoms with van der Waals surface area (Å²) in [6.07, 6.45) is 0. The Morgan fingerprint density at radius 1 is 0.276 bits per heavy atom. The summed E-state index contributed by atoms with van der Waals surface area (Å²) in [6, 6.07) is 72.4. The molecular formula is C54H33N3O. The van der Waals surface area contributed by atoms with Crippen molar-refractivity contribution in [3.05, 3.63) is 200 Å². The van der Waals surface area contributed by atoms with Gasteiger partial charge in [0.2, 0.25) is 0 Å². The standard InChI is InChI=1S/C54H33N3O/c1-2-14-35(15-3-1)55-51-25-13-8-20-42(51)44-30-34(26-28-52(44)55)43-32-37(57-49-23-11-6-18-40(49)41-19-7-12-24-50(41)57)33-46-45-31-36(27-29-53(45)58-54(43)46)56-47-21-9-4-16-38(47)39-17-5-10-22-48(39)56/h1-33H. The van der Waals surface area contributed by atoms with Crippen molar-refractivity contribution < 1.29 is 4.42 Å². The average molecular weight is 740 g/mol. The Morgan fingerprint density at radius 3 is 1.29 bits per heavy atom. The molecule has 0 aliphatic heterocycles. The summed E-state index contributed by atoms with van der Waals surface area (Å²) < 4.78 is 14.2. The van der Waals surface area contributed by atoms with Crippen LogP contribution in [0.4, 0.5) is 0 Å². The van der Waals surface area contributed by atoms with E-state index in [-0.39, 0.29) is 0 Å². The van der Waals surface area contributed by atoms with Crippen molar-refractivity contribution in [2.45, 2.75) is 0 Å². The second-order valence-corrected chi connectivity index (χ2v) is 15.3. The first-order valence-electron chi connectivity index (χ1n) is 19.8. The summed E-state index contributed by atoms with van der Waals surface area (Å²) in [5.74, 6) is 0. The quantitative estimate of drug-likeness (QED) is 0.177. The highest BCUT2D eigenvalue weighted by Crippen LogP contribution is 2.43. The predicted molar refractivity (Wildman–Crippen MR) is 242 cm³/mol. The Hall–Kier alpha value is -7.82. The van der Waals surface area contributed by atoms with Gasteiger partial charge in [-0.25, -0.2) is 0 Å². The minimum atomic E-state index is 0.863. The molecule has 0 bridgehead atoms. The fraction of sp³-hybridized carbons (Fsp3) is 0. The van der Waals surface area contributed by atoms with Crippen LogP contribution in [0.15, 0.2) is 205 Å². The van der Waals surface area contributed by atoms with E-state index in [4.69, 9.17) is 4.42 Å². The van der Waals surface area contributed by atoms with Crippen molar-refractivity contribution in [2.75, 3.05) is 0 Å². The molecule has 0 unspecified atom stereocenters. The maximum absolute atomic E-state index is 6.98. The highest BCUT2D eigenvalue weighted by molar-refractivity contribution is 6.16. The number of nitrogens with zero attached hydrogens (tertiary/aromatic N) is 3. The molecule has 4 heteroatoms. The maximum atomic E-state index is 6.98. The number of furan rings is 1. The molecule has 0 saturated carbocycles. The Labute approximate surface area is 332 Å². The van der Waals surface area contributed by atoms with Crippen LogP contribution in [0.25, 0.3) is 116 Å². The van der Waals surface area contributed by atoms with E-state index in [1.54, 1.807) is 0 Å². The van der Waals surface area contributed by atoms with Gasteiger partial charge in [-0.1, -0.05) is 115 Å². The average Bonchev–Trinajstić information content (AvgIpc) is 4.02. The fourth-order valence-electron chi connectivity index (χ4n) is 9.73. The summed E-state index contributed by atoms with van der Waals surface area (Å²) in [5, 5.41) is 9.56. The highest BCUT2D eigenvalue weighted by Gasteiger charge is 2.21. The second kappa shape index (κ2) is 11.8. The molecule has 13 aromatic rings. The molecule has 0 radical (unpaired) electrons. The van der Waals surface area contributed by atoms with Gasteiger partial charge in [0.1, 0.15) is 11.2 Å². The lowest BCUT2D eigenvalue weighted by Crippen LogP contribution is -1.95. The van der Waals surface area contributed by atoms with E-state index in [9.17, 15) is 0 Å². The smallest absolute Gasteiger partial charge is 0.143 e. The van der Waals surface area contributed by atoms with E-state index in [1.165, 1.54) is 65.4 Å². The number of benzene rings is 9. The third-order valence-corrected chi connectivity index (χ3v) is 12.2. The molecule has 0 saturated heterocycles. The lowest BCUT2D eigenvalue weighted by atomic mass is 9.99. The molecule has 0 fully saturated rings. The SMILES string of the molecule is c1ccc(-n2c3ccccc3c3cc(-c4cc(-n5c6ccccc6c6ccccc65)cc5c4oc4ccc(-n6c7ccccc7c7ccccc76)cc45)ccc32)cc1. The van der Waals surface area contributed by atoms with Gasteiger partial charge < -0.3 is 18.1 Å². The Kier molecular flexibility index (Phi) is 6.41. The van der Waals surface area contributed by atoms with Crippen LogP contribution in [0.2, 0.25) is 0 Å². The number of hydrogen-bond acceptors (Lipinski definition) is 1. The Morgan fingerprint density at radius 2 is 0.724 bits per heavy atom. The molecule has 0 amide bonds. The van der Waals surface area contributed by atoms with Crippen molar-refractivity contribution in [1.29, 1.82) is 0 Å². The summed E-state index contributed by atoms with van der Waals surface area (Å²) in [5.41, 5.74) is 14.3. The first-order valence-corrected chi connectivity index (χ1v) is 19.8. The van der Waals surface area contributed by atoms with Gasteiger partial charge in [0.05, 0.1) is 33.1 Å². The van der Waals surface area contributed by atoms with E-state index in [0.717, 1.165) is 50.1 Å². The zero-order valence-corrected chi connectivity index (χ0v) is 31.3. The first kappa shape index (κ1) is 31.4. The van der Waals surface area contributed by atoms with Gasteiger partial charge >= 0.3 is 0 Å². The molecule has 4 heterocycles. The Bertz CT molecular complexity index is 3690. The van der Waals surface area contributed by atoms with Crippen molar-refractivity contribution in [3.63, 3.8) is 0 Å². The van der Waals surface area contributed by atoms with E-state index in [1.807, 2.05) is 0 Å². The van der Waals surface area contributed by atoms with E-state index >= 15 is 0 Å². The third kappa shape index (κ3) is 4.34. The van der Waals surface area contributed by atoms with Crippen LogP contribution in [0.3, 0.4) is 0 Å². The van der Waals surface area contributed by atoms with E-state index in [2.05, 4.69) is 214 Å². The van der Waals surface area contributed by atoms with Crippen molar-refractivity contribution in [3.8, 4) is 28.2 Å². The van der Waals surface area contributed by atoms with Crippen LogP contribution in [0, 0.1) is 0 Å². The number of fused-ring (bicyclic) bond motifs is 12. The minimum absolute atomic E-state index is 0.863. The van der Waals surface area contributed by atoms with Crippen LogP contribution in [0.5, 0.6) is 0 Å². The third-order valence-electron chi connectivity index (χ3n) is 12.2. The molecule has 0 N–H and O–H groups in total. The lowest BCUT2D eigenvalue weighted by Gasteiger charge is -2.12. The van der Waals surface area contributed by atoms with Crippen LogP contribution >= 0.6 is 0 Å².